The summed E-state index contributed by atoms with van der Waals surface area (Å²) in [5.74, 6) is 1.69. The van der Waals surface area contributed by atoms with Crippen LogP contribution in [0, 0.1) is 5.92 Å². The second-order valence-electron chi connectivity index (χ2n) is 5.78. The topological polar surface area (TPSA) is 68.4 Å². The Labute approximate surface area is 114 Å². The van der Waals surface area contributed by atoms with Gasteiger partial charge in [-0.05, 0) is 31.6 Å². The van der Waals surface area contributed by atoms with Crippen LogP contribution in [0.2, 0.25) is 0 Å². The maximum Gasteiger partial charge on any atom is 0.229 e. The van der Waals surface area contributed by atoms with Crippen molar-refractivity contribution < 1.29 is 14.4 Å². The third kappa shape index (κ3) is 4.91. The molecule has 0 amide bonds. The van der Waals surface area contributed by atoms with Gasteiger partial charge in [-0.15, -0.1) is 0 Å². The lowest BCUT2D eigenvalue weighted by atomic mass is 10.0. The van der Waals surface area contributed by atoms with Crippen molar-refractivity contribution >= 4 is 0 Å². The molecule has 1 aromatic heterocycles. The highest BCUT2D eigenvalue weighted by Crippen LogP contribution is 2.16. The van der Waals surface area contributed by atoms with E-state index in [1.54, 1.807) is 0 Å². The molecule has 1 aromatic rings. The lowest BCUT2D eigenvalue weighted by Crippen LogP contribution is -2.21. The molecule has 1 fully saturated rings. The molecule has 0 aromatic carbocycles. The normalized spacial score (nSPS) is 21.8. The molecule has 0 radical (unpaired) electrons. The SMILES string of the molecule is CC(C)CC(O)Cc1nc(CC2CCCCO2)no1. The number of aliphatic hydroxyl groups is 1. The van der Waals surface area contributed by atoms with Crippen LogP contribution in [0.3, 0.4) is 0 Å². The molecular formula is C14H24N2O3. The molecule has 2 unspecified atom stereocenters. The first-order valence-corrected chi connectivity index (χ1v) is 7.24. The van der Waals surface area contributed by atoms with Crippen LogP contribution in [0.1, 0.15) is 51.2 Å². The van der Waals surface area contributed by atoms with E-state index in [0.717, 1.165) is 25.9 Å². The van der Waals surface area contributed by atoms with Crippen molar-refractivity contribution in [1.82, 2.24) is 10.1 Å². The predicted molar refractivity (Wildman–Crippen MR) is 70.8 cm³/mol. The van der Waals surface area contributed by atoms with Gasteiger partial charge in [0.2, 0.25) is 5.89 Å². The van der Waals surface area contributed by atoms with Gasteiger partial charge in [0.25, 0.3) is 0 Å². The van der Waals surface area contributed by atoms with Gasteiger partial charge in [0, 0.05) is 13.0 Å². The van der Waals surface area contributed by atoms with Crippen molar-refractivity contribution in [2.75, 3.05) is 6.61 Å². The predicted octanol–water partition coefficient (Wildman–Crippen LogP) is 2.13. The molecule has 1 aliphatic heterocycles. The van der Waals surface area contributed by atoms with Crippen LogP contribution in [0.25, 0.3) is 0 Å². The van der Waals surface area contributed by atoms with E-state index in [-0.39, 0.29) is 6.10 Å². The zero-order chi connectivity index (χ0) is 13.7. The minimum atomic E-state index is -0.403. The molecule has 1 saturated heterocycles. The van der Waals surface area contributed by atoms with Crippen LogP contribution in [-0.4, -0.2) is 34.1 Å². The summed E-state index contributed by atoms with van der Waals surface area (Å²) in [4.78, 5) is 4.33. The third-order valence-electron chi connectivity index (χ3n) is 3.35. The van der Waals surface area contributed by atoms with E-state index in [0.29, 0.717) is 30.5 Å². The van der Waals surface area contributed by atoms with Gasteiger partial charge in [-0.1, -0.05) is 19.0 Å². The second kappa shape index (κ2) is 7.01. The number of aliphatic hydroxyl groups excluding tert-OH is 1. The van der Waals surface area contributed by atoms with Gasteiger partial charge in [-0.2, -0.15) is 4.98 Å². The van der Waals surface area contributed by atoms with E-state index < -0.39 is 6.10 Å². The summed E-state index contributed by atoms with van der Waals surface area (Å²) < 4.78 is 10.8. The molecule has 2 rings (SSSR count). The van der Waals surface area contributed by atoms with Gasteiger partial charge in [0.05, 0.1) is 18.6 Å². The molecule has 1 N–H and O–H groups in total. The molecule has 0 bridgehead atoms. The summed E-state index contributed by atoms with van der Waals surface area (Å²) in [7, 11) is 0. The third-order valence-corrected chi connectivity index (χ3v) is 3.35. The number of hydrogen-bond donors (Lipinski definition) is 1. The van der Waals surface area contributed by atoms with Crippen molar-refractivity contribution in [1.29, 1.82) is 0 Å². The Morgan fingerprint density at radius 1 is 1.37 bits per heavy atom. The van der Waals surface area contributed by atoms with E-state index in [4.69, 9.17) is 9.26 Å². The molecule has 2 atom stereocenters. The zero-order valence-corrected chi connectivity index (χ0v) is 11.8. The molecule has 5 nitrogen and oxygen atoms in total. The monoisotopic (exact) mass is 268 g/mol. The molecule has 5 heteroatoms. The molecular weight excluding hydrogens is 244 g/mol. The number of aromatic nitrogens is 2. The van der Waals surface area contributed by atoms with Gasteiger partial charge in [0.1, 0.15) is 0 Å². The first-order valence-electron chi connectivity index (χ1n) is 7.24. The summed E-state index contributed by atoms with van der Waals surface area (Å²) in [6, 6.07) is 0. The first-order chi connectivity index (χ1) is 9.13. The zero-order valence-electron chi connectivity index (χ0n) is 11.8. The van der Waals surface area contributed by atoms with Crippen molar-refractivity contribution in [3.8, 4) is 0 Å². The largest absolute Gasteiger partial charge is 0.393 e. The Balaban J connectivity index is 1.81. The number of rotatable bonds is 6. The van der Waals surface area contributed by atoms with E-state index in [2.05, 4.69) is 24.0 Å². The van der Waals surface area contributed by atoms with Crippen molar-refractivity contribution in [2.45, 2.75) is 64.6 Å². The van der Waals surface area contributed by atoms with Crippen molar-refractivity contribution in [3.05, 3.63) is 11.7 Å². The highest BCUT2D eigenvalue weighted by molar-refractivity contribution is 4.91. The summed E-state index contributed by atoms with van der Waals surface area (Å²) in [6.07, 6.45) is 5.15. The van der Waals surface area contributed by atoms with E-state index >= 15 is 0 Å². The molecule has 19 heavy (non-hydrogen) atoms. The smallest absolute Gasteiger partial charge is 0.229 e. The van der Waals surface area contributed by atoms with Gasteiger partial charge in [-0.3, -0.25) is 0 Å². The van der Waals surface area contributed by atoms with Gasteiger partial charge in [0.15, 0.2) is 5.82 Å². The van der Waals surface area contributed by atoms with Crippen LogP contribution >= 0.6 is 0 Å². The molecule has 0 saturated carbocycles. The van der Waals surface area contributed by atoms with Crippen LogP contribution in [-0.2, 0) is 17.6 Å². The lowest BCUT2D eigenvalue weighted by Gasteiger charge is -2.20. The van der Waals surface area contributed by atoms with Gasteiger partial charge < -0.3 is 14.4 Å². The Hall–Kier alpha value is -0.940. The first kappa shape index (κ1) is 14.5. The van der Waals surface area contributed by atoms with Gasteiger partial charge in [-0.25, -0.2) is 0 Å². The fourth-order valence-electron chi connectivity index (χ4n) is 2.46. The quantitative estimate of drug-likeness (QED) is 0.856. The highest BCUT2D eigenvalue weighted by Gasteiger charge is 2.19. The molecule has 2 heterocycles. The molecule has 0 spiro atoms. The Morgan fingerprint density at radius 2 is 2.21 bits per heavy atom. The average Bonchev–Trinajstić information content (AvgIpc) is 2.76. The summed E-state index contributed by atoms with van der Waals surface area (Å²) >= 11 is 0. The second-order valence-corrected chi connectivity index (χ2v) is 5.78. The van der Waals surface area contributed by atoms with E-state index in [9.17, 15) is 5.11 Å². The average molecular weight is 268 g/mol. The number of hydrogen-bond acceptors (Lipinski definition) is 5. The fraction of sp³-hybridized carbons (Fsp3) is 0.857. The Morgan fingerprint density at radius 3 is 2.89 bits per heavy atom. The summed E-state index contributed by atoms with van der Waals surface area (Å²) in [5, 5.41) is 13.8. The van der Waals surface area contributed by atoms with E-state index in [1.165, 1.54) is 6.42 Å². The van der Waals surface area contributed by atoms with Crippen LogP contribution in [0.4, 0.5) is 0 Å². The van der Waals surface area contributed by atoms with Gasteiger partial charge >= 0.3 is 0 Å². The fourth-order valence-corrected chi connectivity index (χ4v) is 2.46. The molecule has 108 valence electrons. The summed E-state index contributed by atoms with van der Waals surface area (Å²) in [6.45, 7) is 5.01. The number of nitrogens with zero attached hydrogens (tertiary/aromatic N) is 2. The maximum atomic E-state index is 9.85. The maximum absolute atomic E-state index is 9.85. The van der Waals surface area contributed by atoms with Crippen molar-refractivity contribution in [2.24, 2.45) is 5.92 Å². The Bertz CT molecular complexity index is 373. The lowest BCUT2D eigenvalue weighted by molar-refractivity contribution is 0.0153. The molecule has 0 aliphatic carbocycles. The minimum absolute atomic E-state index is 0.222. The summed E-state index contributed by atoms with van der Waals surface area (Å²) in [5.41, 5.74) is 0. The van der Waals surface area contributed by atoms with Crippen LogP contribution in [0.5, 0.6) is 0 Å². The minimum Gasteiger partial charge on any atom is -0.393 e. The molecule has 1 aliphatic rings. The van der Waals surface area contributed by atoms with Crippen LogP contribution in [0.15, 0.2) is 4.52 Å². The Kier molecular flexibility index (Phi) is 5.34. The standard InChI is InChI=1S/C14H24N2O3/c1-10(2)7-11(17)8-14-15-13(16-19-14)9-12-5-3-4-6-18-12/h10-12,17H,3-9H2,1-2H3. The van der Waals surface area contributed by atoms with Crippen LogP contribution < -0.4 is 0 Å². The highest BCUT2D eigenvalue weighted by atomic mass is 16.5. The van der Waals surface area contributed by atoms with E-state index in [1.807, 2.05) is 0 Å². The van der Waals surface area contributed by atoms with Crippen molar-refractivity contribution in [3.63, 3.8) is 0 Å². The number of ether oxygens (including phenoxy) is 1.